The number of carbonyl (C=O) groups is 2. The third kappa shape index (κ3) is 2.19. The zero-order valence-corrected chi connectivity index (χ0v) is 11.6. The largest absolute Gasteiger partial charge is 0.288 e. The first-order valence-electron chi connectivity index (χ1n) is 5.63. The van der Waals surface area contributed by atoms with Crippen LogP contribution in [0.2, 0.25) is 0 Å². The minimum absolute atomic E-state index is 0.0919. The van der Waals surface area contributed by atoms with Crippen LogP contribution in [0, 0.1) is 20.8 Å². The molecule has 0 radical (unpaired) electrons. The lowest BCUT2D eigenvalue weighted by atomic mass is 10.1. The SMILES string of the molecule is Cc1cc(C)c(S(=O)(=O)C2=CC(=O)NC2=O)c(C)c1. The molecular formula is C13H13NO4S. The molecular weight excluding hydrogens is 266 g/mol. The summed E-state index contributed by atoms with van der Waals surface area (Å²) in [6.45, 7) is 5.20. The van der Waals surface area contributed by atoms with E-state index >= 15 is 0 Å². The molecule has 1 aliphatic rings. The van der Waals surface area contributed by atoms with Crippen LogP contribution in [0.4, 0.5) is 0 Å². The normalized spacial score (nSPS) is 15.4. The second-order valence-corrected chi connectivity index (χ2v) is 6.41. The van der Waals surface area contributed by atoms with Gasteiger partial charge in [0.15, 0.2) is 0 Å². The fraction of sp³-hybridized carbons (Fsp3) is 0.231. The third-order valence-electron chi connectivity index (χ3n) is 2.89. The molecule has 0 atom stereocenters. The summed E-state index contributed by atoms with van der Waals surface area (Å²) in [5, 5.41) is 1.94. The first kappa shape index (κ1) is 13.5. The van der Waals surface area contributed by atoms with Crippen LogP contribution in [0.1, 0.15) is 16.7 Å². The van der Waals surface area contributed by atoms with E-state index in [1.54, 1.807) is 26.0 Å². The fourth-order valence-electron chi connectivity index (χ4n) is 2.29. The Morgan fingerprint density at radius 3 is 1.95 bits per heavy atom. The number of amides is 2. The fourth-order valence-corrected chi connectivity index (χ4v) is 4.04. The highest BCUT2D eigenvalue weighted by atomic mass is 32.2. The molecule has 0 aromatic heterocycles. The zero-order chi connectivity index (χ0) is 14.4. The predicted molar refractivity (Wildman–Crippen MR) is 69.1 cm³/mol. The van der Waals surface area contributed by atoms with Crippen molar-refractivity contribution in [2.75, 3.05) is 0 Å². The summed E-state index contributed by atoms with van der Waals surface area (Å²) in [6, 6.07) is 3.46. The number of hydrogen-bond acceptors (Lipinski definition) is 4. The number of imide groups is 1. The molecule has 0 unspecified atom stereocenters. The zero-order valence-electron chi connectivity index (χ0n) is 10.8. The van der Waals surface area contributed by atoms with Gasteiger partial charge in [0, 0.05) is 6.08 Å². The van der Waals surface area contributed by atoms with Gasteiger partial charge in [-0.15, -0.1) is 0 Å². The van der Waals surface area contributed by atoms with Crippen LogP contribution in [0.5, 0.6) is 0 Å². The van der Waals surface area contributed by atoms with Gasteiger partial charge in [0.05, 0.1) is 4.90 Å². The highest BCUT2D eigenvalue weighted by Gasteiger charge is 2.34. The standard InChI is InChI=1S/C13H13NO4S/c1-7-4-8(2)12(9(3)5-7)19(17,18)10-6-11(15)14-13(10)16/h4-6H,1-3H3,(H,14,15,16). The van der Waals surface area contributed by atoms with Crippen molar-refractivity contribution in [3.05, 3.63) is 39.8 Å². The van der Waals surface area contributed by atoms with Gasteiger partial charge in [0.25, 0.3) is 11.8 Å². The van der Waals surface area contributed by atoms with Crippen molar-refractivity contribution >= 4 is 21.7 Å². The minimum atomic E-state index is -3.97. The average molecular weight is 279 g/mol. The van der Waals surface area contributed by atoms with E-state index in [-0.39, 0.29) is 4.90 Å². The Bertz CT molecular complexity index is 706. The molecule has 100 valence electrons. The van der Waals surface area contributed by atoms with Gasteiger partial charge in [-0.1, -0.05) is 17.7 Å². The maximum atomic E-state index is 12.5. The van der Waals surface area contributed by atoms with Crippen molar-refractivity contribution in [3.63, 3.8) is 0 Å². The lowest BCUT2D eigenvalue weighted by Crippen LogP contribution is -2.25. The number of aryl methyl sites for hydroxylation is 3. The van der Waals surface area contributed by atoms with Gasteiger partial charge in [0.1, 0.15) is 4.91 Å². The molecule has 1 aromatic carbocycles. The van der Waals surface area contributed by atoms with Crippen LogP contribution in [-0.2, 0) is 19.4 Å². The second kappa shape index (κ2) is 4.31. The van der Waals surface area contributed by atoms with Gasteiger partial charge in [-0.05, 0) is 31.9 Å². The van der Waals surface area contributed by atoms with E-state index in [0.29, 0.717) is 11.1 Å². The van der Waals surface area contributed by atoms with E-state index in [4.69, 9.17) is 0 Å². The van der Waals surface area contributed by atoms with E-state index in [9.17, 15) is 18.0 Å². The van der Waals surface area contributed by atoms with Crippen molar-refractivity contribution in [2.24, 2.45) is 0 Å². The van der Waals surface area contributed by atoms with Crippen LogP contribution < -0.4 is 5.32 Å². The molecule has 0 fully saturated rings. The summed E-state index contributed by atoms with van der Waals surface area (Å²) in [5.74, 6) is -1.57. The number of nitrogens with one attached hydrogen (secondary N) is 1. The van der Waals surface area contributed by atoms with Crippen molar-refractivity contribution in [1.82, 2.24) is 5.32 Å². The Hall–Kier alpha value is -1.95. The number of carbonyl (C=O) groups excluding carboxylic acids is 2. The number of benzene rings is 1. The predicted octanol–water partition coefficient (Wildman–Crippen LogP) is 0.926. The lowest BCUT2D eigenvalue weighted by Gasteiger charge is -2.11. The molecule has 5 nitrogen and oxygen atoms in total. The van der Waals surface area contributed by atoms with Crippen LogP contribution in [0.25, 0.3) is 0 Å². The Morgan fingerprint density at radius 2 is 1.53 bits per heavy atom. The molecule has 2 rings (SSSR count). The van der Waals surface area contributed by atoms with E-state index in [0.717, 1.165) is 11.6 Å². The van der Waals surface area contributed by atoms with Crippen molar-refractivity contribution in [3.8, 4) is 0 Å². The smallest absolute Gasteiger partial charge is 0.270 e. The number of rotatable bonds is 2. The molecule has 2 amide bonds. The van der Waals surface area contributed by atoms with Crippen LogP contribution in [0.3, 0.4) is 0 Å². The summed E-state index contributed by atoms with van der Waals surface area (Å²) in [7, 11) is -3.97. The van der Waals surface area contributed by atoms with Crippen LogP contribution in [-0.4, -0.2) is 20.2 Å². The highest BCUT2D eigenvalue weighted by molar-refractivity contribution is 7.96. The second-order valence-electron chi connectivity index (χ2n) is 4.56. The summed E-state index contributed by atoms with van der Waals surface area (Å²) >= 11 is 0. The molecule has 0 bridgehead atoms. The Labute approximate surface area is 111 Å². The molecule has 6 heteroatoms. The highest BCUT2D eigenvalue weighted by Crippen LogP contribution is 2.28. The summed E-state index contributed by atoms with van der Waals surface area (Å²) in [6.07, 6.45) is 0.830. The average Bonchev–Trinajstić information content (AvgIpc) is 2.56. The van der Waals surface area contributed by atoms with Gasteiger partial charge >= 0.3 is 0 Å². The molecule has 0 saturated carbocycles. The molecule has 19 heavy (non-hydrogen) atoms. The Morgan fingerprint density at radius 1 is 1.00 bits per heavy atom. The van der Waals surface area contributed by atoms with Crippen molar-refractivity contribution < 1.29 is 18.0 Å². The van der Waals surface area contributed by atoms with Gasteiger partial charge in [-0.3, -0.25) is 14.9 Å². The lowest BCUT2D eigenvalue weighted by molar-refractivity contribution is -0.123. The molecule has 1 aromatic rings. The molecule has 0 spiro atoms. The van der Waals surface area contributed by atoms with E-state index in [1.807, 2.05) is 12.2 Å². The van der Waals surface area contributed by atoms with Crippen molar-refractivity contribution in [2.45, 2.75) is 25.7 Å². The topological polar surface area (TPSA) is 80.3 Å². The van der Waals surface area contributed by atoms with E-state index in [1.165, 1.54) is 0 Å². The maximum absolute atomic E-state index is 12.5. The molecule has 1 aliphatic heterocycles. The van der Waals surface area contributed by atoms with Crippen LogP contribution >= 0.6 is 0 Å². The van der Waals surface area contributed by atoms with E-state index < -0.39 is 26.6 Å². The quantitative estimate of drug-likeness (QED) is 0.816. The molecule has 1 N–H and O–H groups in total. The first-order chi connectivity index (χ1) is 8.73. The summed E-state index contributed by atoms with van der Waals surface area (Å²) < 4.78 is 24.9. The Kier molecular flexibility index (Phi) is 3.06. The maximum Gasteiger partial charge on any atom is 0.270 e. The molecule has 0 aliphatic carbocycles. The number of sulfone groups is 1. The minimum Gasteiger partial charge on any atom is -0.288 e. The monoisotopic (exact) mass is 279 g/mol. The molecule has 0 saturated heterocycles. The third-order valence-corrected chi connectivity index (χ3v) is 4.95. The van der Waals surface area contributed by atoms with Gasteiger partial charge in [0.2, 0.25) is 9.84 Å². The van der Waals surface area contributed by atoms with Gasteiger partial charge < -0.3 is 0 Å². The van der Waals surface area contributed by atoms with Gasteiger partial charge in [-0.2, -0.15) is 0 Å². The Balaban J connectivity index is 2.68. The summed E-state index contributed by atoms with van der Waals surface area (Å²) in [5.41, 5.74) is 2.06. The van der Waals surface area contributed by atoms with Crippen molar-refractivity contribution in [1.29, 1.82) is 0 Å². The summed E-state index contributed by atoms with van der Waals surface area (Å²) in [4.78, 5) is 22.2. The molecule has 1 heterocycles. The first-order valence-corrected chi connectivity index (χ1v) is 7.12. The van der Waals surface area contributed by atoms with E-state index in [2.05, 4.69) is 0 Å². The van der Waals surface area contributed by atoms with Gasteiger partial charge in [-0.25, -0.2) is 8.42 Å². The van der Waals surface area contributed by atoms with Crippen LogP contribution in [0.15, 0.2) is 28.0 Å². The number of hydrogen-bond donors (Lipinski definition) is 1.